The highest BCUT2D eigenvalue weighted by Gasteiger charge is 2.64. The van der Waals surface area contributed by atoms with Gasteiger partial charge in [-0.1, -0.05) is 0 Å². The molecule has 34 heavy (non-hydrogen) atoms. The van der Waals surface area contributed by atoms with E-state index >= 15 is 0 Å². The van der Waals surface area contributed by atoms with E-state index in [9.17, 15) is 34.8 Å². The standard InChI is InChI=1S/C23H28N4O7/c1-26(2)12-7-11(24)17(28)14-9(12)5-8-6-10-16(27(3)4)19(30)15(22(25)33)21(32)23(10,34)20(31)13(8)18(14)29/h7-8,10,16,28-29,32,34H,5-6,24H2,1-4H3,(H2,25,33)/t8-,10-,16-,23+/m0/s1. The van der Waals surface area contributed by atoms with Crippen LogP contribution in [0.25, 0.3) is 5.76 Å². The number of aliphatic hydroxyl groups excluding tert-OH is 2. The first-order valence-corrected chi connectivity index (χ1v) is 10.7. The second kappa shape index (κ2) is 7.47. The highest BCUT2D eigenvalue weighted by Crippen LogP contribution is 2.54. The molecule has 0 heterocycles. The van der Waals surface area contributed by atoms with Crippen molar-refractivity contribution >= 4 is 34.6 Å². The van der Waals surface area contributed by atoms with Gasteiger partial charge in [0.15, 0.2) is 11.4 Å². The number of amides is 1. The van der Waals surface area contributed by atoms with Crippen LogP contribution in [-0.4, -0.2) is 82.6 Å². The predicted octanol–water partition coefficient (Wildman–Crippen LogP) is -0.388. The van der Waals surface area contributed by atoms with Crippen molar-refractivity contribution in [2.75, 3.05) is 38.8 Å². The second-order valence-corrected chi connectivity index (χ2v) is 9.54. The van der Waals surface area contributed by atoms with Gasteiger partial charge in [-0.05, 0) is 44.5 Å². The van der Waals surface area contributed by atoms with Gasteiger partial charge in [-0.3, -0.25) is 19.3 Å². The van der Waals surface area contributed by atoms with E-state index in [0.717, 1.165) is 0 Å². The number of benzene rings is 1. The molecule has 1 fully saturated rings. The van der Waals surface area contributed by atoms with Crippen LogP contribution in [0, 0.1) is 11.8 Å². The maximum Gasteiger partial charge on any atom is 0.255 e. The number of aromatic hydroxyl groups is 1. The van der Waals surface area contributed by atoms with E-state index in [1.54, 1.807) is 39.2 Å². The quantitative estimate of drug-likeness (QED) is 0.192. The van der Waals surface area contributed by atoms with Crippen LogP contribution in [0.1, 0.15) is 17.5 Å². The molecular formula is C23H28N4O7. The van der Waals surface area contributed by atoms with Gasteiger partial charge in [0.25, 0.3) is 5.91 Å². The minimum absolute atomic E-state index is 0.0115. The lowest BCUT2D eigenvalue weighted by Gasteiger charge is -2.50. The molecule has 1 amide bonds. The molecule has 11 heteroatoms. The number of primary amides is 1. The topological polar surface area (TPSA) is 191 Å². The Morgan fingerprint density at radius 1 is 1.15 bits per heavy atom. The minimum Gasteiger partial charge on any atom is -0.508 e. The van der Waals surface area contributed by atoms with Gasteiger partial charge in [0.2, 0.25) is 5.78 Å². The minimum atomic E-state index is -2.66. The van der Waals surface area contributed by atoms with Gasteiger partial charge >= 0.3 is 0 Å². The summed E-state index contributed by atoms with van der Waals surface area (Å²) in [6, 6.07) is 0.444. The molecule has 182 valence electrons. The Balaban J connectivity index is 2.01. The lowest BCUT2D eigenvalue weighted by molar-refractivity contribution is -0.153. The van der Waals surface area contributed by atoms with Gasteiger partial charge in [-0.25, -0.2) is 0 Å². The first-order chi connectivity index (χ1) is 15.7. The molecule has 3 aliphatic carbocycles. The largest absolute Gasteiger partial charge is 0.508 e. The van der Waals surface area contributed by atoms with Gasteiger partial charge in [-0.2, -0.15) is 0 Å². The second-order valence-electron chi connectivity index (χ2n) is 9.54. The number of rotatable bonds is 3. The first-order valence-electron chi connectivity index (χ1n) is 10.7. The lowest BCUT2D eigenvalue weighted by atomic mass is 9.57. The Hall–Kier alpha value is -3.57. The number of nitrogens with zero attached hydrogens (tertiary/aromatic N) is 2. The summed E-state index contributed by atoms with van der Waals surface area (Å²) in [5.41, 5.74) is 8.68. The molecule has 0 radical (unpaired) electrons. The summed E-state index contributed by atoms with van der Waals surface area (Å²) in [6.45, 7) is 0. The molecule has 4 atom stereocenters. The third-order valence-corrected chi connectivity index (χ3v) is 7.21. The highest BCUT2D eigenvalue weighted by atomic mass is 16.3. The van der Waals surface area contributed by atoms with Crippen LogP contribution in [0.5, 0.6) is 5.75 Å². The number of likely N-dealkylation sites (N-methyl/N-ethyl adjacent to an activating group) is 1. The fourth-order valence-corrected chi connectivity index (χ4v) is 5.71. The Morgan fingerprint density at radius 3 is 2.29 bits per heavy atom. The predicted molar refractivity (Wildman–Crippen MR) is 123 cm³/mol. The van der Waals surface area contributed by atoms with E-state index in [0.29, 0.717) is 11.3 Å². The Morgan fingerprint density at radius 2 is 1.76 bits per heavy atom. The van der Waals surface area contributed by atoms with Crippen molar-refractivity contribution in [3.8, 4) is 5.75 Å². The summed E-state index contributed by atoms with van der Waals surface area (Å²) in [5, 5.41) is 44.2. The fraction of sp³-hybridized carbons (Fsp3) is 0.435. The molecular weight excluding hydrogens is 444 g/mol. The molecule has 0 aromatic heterocycles. The number of fused-ring (bicyclic) bond motifs is 3. The molecule has 1 saturated carbocycles. The van der Waals surface area contributed by atoms with E-state index in [4.69, 9.17) is 11.5 Å². The number of anilines is 2. The zero-order chi connectivity index (χ0) is 25.4. The Bertz CT molecular complexity index is 1220. The zero-order valence-electron chi connectivity index (χ0n) is 19.3. The SMILES string of the molecule is CN(C)c1cc(N)c(O)c2c1C[C@H]1C[C@H]3[C@H](N(C)C)C(=O)C(C(N)=O)=C(O)[C@]3(O)C(=O)C1=C2O. The summed E-state index contributed by atoms with van der Waals surface area (Å²) in [4.78, 5) is 42.0. The van der Waals surface area contributed by atoms with Gasteiger partial charge < -0.3 is 36.8 Å². The number of phenolic OH excluding ortho intramolecular Hbond substituents is 1. The molecule has 11 nitrogen and oxygen atoms in total. The third kappa shape index (κ3) is 2.86. The highest BCUT2D eigenvalue weighted by molar-refractivity contribution is 6.24. The van der Waals surface area contributed by atoms with Crippen molar-refractivity contribution in [1.29, 1.82) is 0 Å². The van der Waals surface area contributed by atoms with Crippen LogP contribution in [0.3, 0.4) is 0 Å². The van der Waals surface area contributed by atoms with E-state index in [1.165, 1.54) is 4.90 Å². The molecule has 0 bridgehead atoms. The van der Waals surface area contributed by atoms with Crippen molar-refractivity contribution in [1.82, 2.24) is 4.90 Å². The maximum atomic E-state index is 13.7. The molecule has 8 N–H and O–H groups in total. The summed E-state index contributed by atoms with van der Waals surface area (Å²) in [6.07, 6.45) is 0.236. The van der Waals surface area contributed by atoms with Crippen LogP contribution >= 0.6 is 0 Å². The number of carbonyl (C=O) groups excluding carboxylic acids is 3. The van der Waals surface area contributed by atoms with Crippen molar-refractivity contribution in [3.63, 3.8) is 0 Å². The van der Waals surface area contributed by atoms with E-state index in [-0.39, 0.29) is 29.7 Å². The molecule has 0 saturated heterocycles. The summed E-state index contributed by atoms with van der Waals surface area (Å²) < 4.78 is 0. The lowest BCUT2D eigenvalue weighted by Crippen LogP contribution is -2.65. The fourth-order valence-electron chi connectivity index (χ4n) is 5.71. The van der Waals surface area contributed by atoms with Crippen LogP contribution in [0.2, 0.25) is 0 Å². The van der Waals surface area contributed by atoms with Crippen LogP contribution < -0.4 is 16.4 Å². The van der Waals surface area contributed by atoms with Crippen molar-refractivity contribution in [2.24, 2.45) is 17.6 Å². The summed E-state index contributed by atoms with van der Waals surface area (Å²) >= 11 is 0. The van der Waals surface area contributed by atoms with Crippen molar-refractivity contribution in [3.05, 3.63) is 34.1 Å². The monoisotopic (exact) mass is 472 g/mol. The number of hydrogen-bond donors (Lipinski definition) is 6. The Kier molecular flexibility index (Phi) is 5.18. The van der Waals surface area contributed by atoms with Crippen LogP contribution in [0.4, 0.5) is 11.4 Å². The molecule has 1 aromatic carbocycles. The average molecular weight is 472 g/mol. The van der Waals surface area contributed by atoms with E-state index in [1.807, 2.05) is 0 Å². The van der Waals surface area contributed by atoms with Gasteiger partial charge in [0.1, 0.15) is 22.8 Å². The van der Waals surface area contributed by atoms with Gasteiger partial charge in [-0.15, -0.1) is 0 Å². The third-order valence-electron chi connectivity index (χ3n) is 7.21. The first kappa shape index (κ1) is 23.6. The molecule has 4 rings (SSSR count). The van der Waals surface area contributed by atoms with Crippen LogP contribution in [-0.2, 0) is 20.8 Å². The number of phenols is 1. The summed E-state index contributed by atoms with van der Waals surface area (Å²) in [7, 11) is 6.64. The smallest absolute Gasteiger partial charge is 0.255 e. The summed E-state index contributed by atoms with van der Waals surface area (Å²) in [5.74, 6) is -6.95. The molecule has 3 aliphatic rings. The van der Waals surface area contributed by atoms with Gasteiger partial charge in [0, 0.05) is 31.3 Å². The molecule has 0 aliphatic heterocycles. The Labute approximate surface area is 195 Å². The van der Waals surface area contributed by atoms with Crippen LogP contribution in [0.15, 0.2) is 23.0 Å². The number of aliphatic hydroxyl groups is 3. The number of hydrogen-bond acceptors (Lipinski definition) is 10. The normalized spacial score (nSPS) is 28.6. The number of carbonyl (C=O) groups is 3. The van der Waals surface area contributed by atoms with E-state index in [2.05, 4.69) is 0 Å². The van der Waals surface area contributed by atoms with Crippen molar-refractivity contribution < 1.29 is 34.8 Å². The average Bonchev–Trinajstić information content (AvgIpc) is 2.72. The van der Waals surface area contributed by atoms with E-state index < -0.39 is 63.8 Å². The molecule has 0 spiro atoms. The number of nitrogens with two attached hydrogens (primary N) is 2. The number of nitrogen functional groups attached to an aromatic ring is 1. The van der Waals surface area contributed by atoms with Crippen molar-refractivity contribution in [2.45, 2.75) is 24.5 Å². The zero-order valence-corrected chi connectivity index (χ0v) is 19.3. The maximum absolute atomic E-state index is 13.7. The molecule has 1 aromatic rings. The number of ketones is 2. The molecule has 0 unspecified atom stereocenters. The number of Topliss-reactive ketones (excluding diaryl/α,β-unsaturated/α-hetero) is 2. The van der Waals surface area contributed by atoms with Gasteiger partial charge in [0.05, 0.1) is 17.3 Å².